The highest BCUT2D eigenvalue weighted by Gasteiger charge is 2.32. The lowest BCUT2D eigenvalue weighted by molar-refractivity contribution is -0.120. The highest BCUT2D eigenvalue weighted by atomic mass is 32.2. The molecule has 3 rings (SSSR count). The maximum Gasteiger partial charge on any atom is 0.252 e. The predicted octanol–water partition coefficient (Wildman–Crippen LogP) is 2.47. The summed E-state index contributed by atoms with van der Waals surface area (Å²) in [5.41, 5.74) is 1.63. The van der Waals surface area contributed by atoms with Crippen LogP contribution in [0, 0.1) is 12.8 Å². The molecule has 0 radical (unpaired) electrons. The molecule has 158 valence electrons. The van der Waals surface area contributed by atoms with E-state index in [0.717, 1.165) is 11.8 Å². The number of nitrogens with one attached hydrogen (secondary N) is 2. The first kappa shape index (κ1) is 21.8. The smallest absolute Gasteiger partial charge is 0.252 e. The predicted molar refractivity (Wildman–Crippen MR) is 114 cm³/mol. The van der Waals surface area contributed by atoms with Crippen molar-refractivity contribution < 1.29 is 21.6 Å². The summed E-state index contributed by atoms with van der Waals surface area (Å²) in [7, 11) is -6.93. The number of carbonyl (C=O) groups excluding carboxylic acids is 1. The van der Waals surface area contributed by atoms with Crippen molar-refractivity contribution in [1.82, 2.24) is 4.31 Å². The number of sulfonamides is 2. The van der Waals surface area contributed by atoms with Crippen molar-refractivity contribution in [3.8, 4) is 0 Å². The fourth-order valence-corrected chi connectivity index (χ4v) is 6.38. The fraction of sp³-hybridized carbons (Fsp3) is 0.389. The highest BCUT2D eigenvalue weighted by Crippen LogP contribution is 2.28. The Bertz CT molecular complexity index is 1090. The third-order valence-corrected chi connectivity index (χ3v) is 8.58. The second-order valence-corrected chi connectivity index (χ2v) is 11.9. The van der Waals surface area contributed by atoms with Crippen molar-refractivity contribution >= 4 is 48.7 Å². The average molecular weight is 458 g/mol. The first-order valence-corrected chi connectivity index (χ1v) is 13.2. The summed E-state index contributed by atoms with van der Waals surface area (Å²) in [5, 5.41) is 4.53. The maximum atomic E-state index is 12.6. The van der Waals surface area contributed by atoms with Gasteiger partial charge in [-0.25, -0.2) is 16.8 Å². The molecule has 0 saturated carbocycles. The van der Waals surface area contributed by atoms with Crippen LogP contribution in [0.2, 0.25) is 0 Å². The third-order valence-electron chi connectivity index (χ3n) is 4.71. The van der Waals surface area contributed by atoms with Crippen molar-refractivity contribution in [3.05, 3.63) is 41.3 Å². The van der Waals surface area contributed by atoms with E-state index in [9.17, 15) is 21.6 Å². The molecular weight excluding hydrogens is 434 g/mol. The van der Waals surface area contributed by atoms with E-state index in [-0.39, 0.29) is 24.9 Å². The van der Waals surface area contributed by atoms with E-state index in [1.807, 2.05) is 0 Å². The Morgan fingerprint density at radius 3 is 2.41 bits per heavy atom. The zero-order chi connectivity index (χ0) is 21.2. The lowest BCUT2D eigenvalue weighted by Gasteiger charge is -2.30. The molecule has 2 heterocycles. The number of benzene rings is 1. The van der Waals surface area contributed by atoms with Gasteiger partial charge in [-0.15, -0.1) is 11.3 Å². The number of carbonyl (C=O) groups is 1. The number of nitrogens with zero attached hydrogens (tertiary/aromatic N) is 1. The lowest BCUT2D eigenvalue weighted by Crippen LogP contribution is -2.41. The van der Waals surface area contributed by atoms with Crippen LogP contribution in [0.4, 0.5) is 11.4 Å². The molecule has 1 amide bonds. The van der Waals surface area contributed by atoms with E-state index >= 15 is 0 Å². The molecule has 2 N–H and O–H groups in total. The monoisotopic (exact) mass is 457 g/mol. The summed E-state index contributed by atoms with van der Waals surface area (Å²) in [4.78, 5) is 12.6. The molecule has 8 nitrogen and oxygen atoms in total. The van der Waals surface area contributed by atoms with E-state index < -0.39 is 20.0 Å². The van der Waals surface area contributed by atoms with E-state index in [1.165, 1.54) is 15.6 Å². The van der Waals surface area contributed by atoms with Gasteiger partial charge in [0.1, 0.15) is 4.21 Å². The Hall–Kier alpha value is -1.95. The van der Waals surface area contributed by atoms with Crippen LogP contribution in [0.3, 0.4) is 0 Å². The van der Waals surface area contributed by atoms with Crippen molar-refractivity contribution in [2.24, 2.45) is 5.92 Å². The zero-order valence-electron chi connectivity index (χ0n) is 16.1. The SMILES string of the molecule is Cc1ccc(NC(=O)C2CCN(S(=O)(=O)c3cccs3)CC2)cc1NS(C)(=O)=O. The normalized spacial score (nSPS) is 16.5. The second kappa shape index (κ2) is 8.42. The molecule has 0 unspecified atom stereocenters. The molecule has 11 heteroatoms. The van der Waals surface area contributed by atoms with Gasteiger partial charge < -0.3 is 5.32 Å². The summed E-state index contributed by atoms with van der Waals surface area (Å²) in [5.74, 6) is -0.510. The fourth-order valence-electron chi connectivity index (χ4n) is 3.15. The minimum absolute atomic E-state index is 0.202. The number of hydrogen-bond acceptors (Lipinski definition) is 6. The standard InChI is InChI=1S/C18H23N3O5S3/c1-13-5-6-15(12-16(13)20-28(2,23)24)19-18(22)14-7-9-21(10-8-14)29(25,26)17-4-3-11-27-17/h3-6,11-12,14,20H,7-10H2,1-2H3,(H,19,22). The van der Waals surface area contributed by atoms with Gasteiger partial charge in [-0.1, -0.05) is 12.1 Å². The van der Waals surface area contributed by atoms with E-state index in [2.05, 4.69) is 10.0 Å². The third kappa shape index (κ3) is 5.35. The molecule has 0 bridgehead atoms. The molecule has 0 spiro atoms. The minimum atomic E-state index is -3.50. The molecule has 1 aromatic heterocycles. The van der Waals surface area contributed by atoms with Crippen LogP contribution in [-0.2, 0) is 24.8 Å². The Kier molecular flexibility index (Phi) is 6.32. The van der Waals surface area contributed by atoms with Gasteiger partial charge in [0.15, 0.2) is 0 Å². The number of amides is 1. The first-order valence-electron chi connectivity index (χ1n) is 8.99. The summed E-state index contributed by atoms with van der Waals surface area (Å²) in [6, 6.07) is 8.28. The highest BCUT2D eigenvalue weighted by molar-refractivity contribution is 7.92. The summed E-state index contributed by atoms with van der Waals surface area (Å²) >= 11 is 1.18. The first-order chi connectivity index (χ1) is 13.6. The Morgan fingerprint density at radius 2 is 1.83 bits per heavy atom. The number of thiophene rings is 1. The van der Waals surface area contributed by atoms with Crippen molar-refractivity contribution in [1.29, 1.82) is 0 Å². The quantitative estimate of drug-likeness (QED) is 0.692. The molecule has 1 fully saturated rings. The van der Waals surface area contributed by atoms with Crippen LogP contribution in [0.5, 0.6) is 0 Å². The number of rotatable bonds is 6. The van der Waals surface area contributed by atoms with Crippen LogP contribution >= 0.6 is 11.3 Å². The molecule has 1 aliphatic rings. The van der Waals surface area contributed by atoms with Gasteiger partial charge in [-0.05, 0) is 48.9 Å². The molecule has 2 aromatic rings. The summed E-state index contributed by atoms with van der Waals surface area (Å²) < 4.78 is 52.3. The zero-order valence-corrected chi connectivity index (χ0v) is 18.5. The van der Waals surface area contributed by atoms with Gasteiger partial charge in [0.25, 0.3) is 10.0 Å². The Labute approximate surface area is 175 Å². The number of piperidine rings is 1. The van der Waals surface area contributed by atoms with Crippen molar-refractivity contribution in [2.45, 2.75) is 24.0 Å². The number of hydrogen-bond donors (Lipinski definition) is 2. The van der Waals surface area contributed by atoms with Gasteiger partial charge >= 0.3 is 0 Å². The lowest BCUT2D eigenvalue weighted by atomic mass is 9.97. The molecular formula is C18H23N3O5S3. The van der Waals surface area contributed by atoms with Gasteiger partial charge in [-0.3, -0.25) is 9.52 Å². The van der Waals surface area contributed by atoms with Crippen molar-refractivity contribution in [2.75, 3.05) is 29.4 Å². The van der Waals surface area contributed by atoms with Crippen LogP contribution in [0.1, 0.15) is 18.4 Å². The van der Waals surface area contributed by atoms with Crippen LogP contribution < -0.4 is 10.0 Å². The summed E-state index contributed by atoms with van der Waals surface area (Å²) in [6.45, 7) is 2.34. The van der Waals surface area contributed by atoms with Crippen LogP contribution in [0.15, 0.2) is 39.9 Å². The van der Waals surface area contributed by atoms with Gasteiger partial charge in [0.2, 0.25) is 15.9 Å². The topological polar surface area (TPSA) is 113 Å². The average Bonchev–Trinajstić information content (AvgIpc) is 3.19. The molecule has 0 aliphatic carbocycles. The second-order valence-electron chi connectivity index (χ2n) is 7.00. The van der Waals surface area contributed by atoms with Gasteiger partial charge in [0.05, 0.1) is 11.9 Å². The maximum absolute atomic E-state index is 12.6. The summed E-state index contributed by atoms with van der Waals surface area (Å²) in [6.07, 6.45) is 1.92. The minimum Gasteiger partial charge on any atom is -0.326 e. The molecule has 29 heavy (non-hydrogen) atoms. The Morgan fingerprint density at radius 1 is 1.14 bits per heavy atom. The van der Waals surface area contributed by atoms with Crippen molar-refractivity contribution in [3.63, 3.8) is 0 Å². The van der Waals surface area contributed by atoms with E-state index in [4.69, 9.17) is 0 Å². The molecule has 1 saturated heterocycles. The molecule has 0 atom stereocenters. The molecule has 1 aliphatic heterocycles. The largest absolute Gasteiger partial charge is 0.326 e. The van der Waals surface area contributed by atoms with E-state index in [0.29, 0.717) is 28.4 Å². The number of aryl methyl sites for hydroxylation is 1. The number of anilines is 2. The van der Waals surface area contributed by atoms with Crippen LogP contribution in [-0.4, -0.2) is 46.4 Å². The Balaban J connectivity index is 1.62. The van der Waals surface area contributed by atoms with Gasteiger partial charge in [-0.2, -0.15) is 4.31 Å². The van der Waals surface area contributed by atoms with E-state index in [1.54, 1.807) is 42.6 Å². The van der Waals surface area contributed by atoms with Gasteiger partial charge in [0, 0.05) is 24.7 Å². The molecule has 1 aromatic carbocycles. The van der Waals surface area contributed by atoms with Crippen LogP contribution in [0.25, 0.3) is 0 Å².